The standard InChI is InChI=1S/C30H38N2O7/c1-19(2)18-39-24-9-7-22(16-20(24)3)28(34)26-27(21-6-8-23(33)25(17-21)37-4)32(30(36)29(26)35)11-5-10-31-12-14-38-15-13-31/h6-9,16-17,19,27,33-34H,5,10-15,18H2,1-4H3/t27-/m1/s1. The van der Waals surface area contributed by atoms with Gasteiger partial charge in [-0.2, -0.15) is 0 Å². The Kier molecular flexibility index (Phi) is 9.14. The summed E-state index contributed by atoms with van der Waals surface area (Å²) in [6.45, 7) is 10.7. The quantitative estimate of drug-likeness (QED) is 0.267. The monoisotopic (exact) mass is 538 g/mol. The van der Waals surface area contributed by atoms with Crippen molar-refractivity contribution in [2.75, 3.05) is 53.1 Å². The molecule has 0 bridgehead atoms. The van der Waals surface area contributed by atoms with E-state index in [0.717, 1.165) is 25.2 Å². The molecule has 2 heterocycles. The van der Waals surface area contributed by atoms with Crippen molar-refractivity contribution in [2.45, 2.75) is 33.2 Å². The minimum absolute atomic E-state index is 0.00867. The van der Waals surface area contributed by atoms with Gasteiger partial charge < -0.3 is 29.3 Å². The number of ketones is 1. The van der Waals surface area contributed by atoms with E-state index in [9.17, 15) is 19.8 Å². The second-order valence-corrected chi connectivity index (χ2v) is 10.4. The molecule has 1 atom stereocenters. The third kappa shape index (κ3) is 6.37. The highest BCUT2D eigenvalue weighted by atomic mass is 16.5. The fourth-order valence-corrected chi connectivity index (χ4v) is 4.98. The van der Waals surface area contributed by atoms with Crippen molar-refractivity contribution in [3.8, 4) is 17.2 Å². The summed E-state index contributed by atoms with van der Waals surface area (Å²) in [6, 6.07) is 9.09. The lowest BCUT2D eigenvalue weighted by Crippen LogP contribution is -2.38. The number of aromatic hydroxyl groups is 1. The average molecular weight is 539 g/mol. The van der Waals surface area contributed by atoms with Crippen LogP contribution in [-0.2, 0) is 14.3 Å². The van der Waals surface area contributed by atoms with Gasteiger partial charge in [0, 0.05) is 31.7 Å². The molecule has 2 fully saturated rings. The number of carbonyl (C=O) groups excluding carboxylic acids is 2. The van der Waals surface area contributed by atoms with Gasteiger partial charge in [0.15, 0.2) is 11.5 Å². The lowest BCUT2D eigenvalue weighted by Gasteiger charge is -2.29. The number of aliphatic hydroxyl groups excluding tert-OH is 1. The van der Waals surface area contributed by atoms with E-state index >= 15 is 0 Å². The molecule has 9 nitrogen and oxygen atoms in total. The van der Waals surface area contributed by atoms with Crippen LogP contribution in [0.4, 0.5) is 0 Å². The lowest BCUT2D eigenvalue weighted by molar-refractivity contribution is -0.140. The predicted octanol–water partition coefficient (Wildman–Crippen LogP) is 3.89. The number of Topliss-reactive ketones (excluding diaryl/α,β-unsaturated/α-hetero) is 1. The maximum Gasteiger partial charge on any atom is 0.295 e. The average Bonchev–Trinajstić information content (AvgIpc) is 3.17. The second-order valence-electron chi connectivity index (χ2n) is 10.4. The van der Waals surface area contributed by atoms with Crippen LogP contribution in [0.15, 0.2) is 42.0 Å². The minimum Gasteiger partial charge on any atom is -0.507 e. The molecule has 2 aliphatic rings. The zero-order chi connectivity index (χ0) is 28.1. The maximum absolute atomic E-state index is 13.4. The number of methoxy groups -OCH3 is 1. The van der Waals surface area contributed by atoms with Crippen LogP contribution in [0, 0.1) is 12.8 Å². The number of likely N-dealkylation sites (tertiary alicyclic amines) is 1. The third-order valence-corrected chi connectivity index (χ3v) is 7.06. The summed E-state index contributed by atoms with van der Waals surface area (Å²) in [5, 5.41) is 21.6. The molecule has 210 valence electrons. The summed E-state index contributed by atoms with van der Waals surface area (Å²) >= 11 is 0. The molecule has 39 heavy (non-hydrogen) atoms. The maximum atomic E-state index is 13.4. The molecule has 4 rings (SSSR count). The molecule has 2 saturated heterocycles. The van der Waals surface area contributed by atoms with Gasteiger partial charge in [0.05, 0.1) is 38.5 Å². The molecule has 0 saturated carbocycles. The Balaban J connectivity index is 1.70. The number of amides is 1. The number of hydrogen-bond donors (Lipinski definition) is 2. The van der Waals surface area contributed by atoms with E-state index in [0.29, 0.717) is 55.6 Å². The number of hydrogen-bond acceptors (Lipinski definition) is 8. The Bertz CT molecular complexity index is 1230. The topological polar surface area (TPSA) is 109 Å². The van der Waals surface area contributed by atoms with Gasteiger partial charge in [-0.15, -0.1) is 0 Å². The number of morpholine rings is 1. The number of rotatable bonds is 10. The normalized spacial score (nSPS) is 19.6. The van der Waals surface area contributed by atoms with Gasteiger partial charge in [0.1, 0.15) is 11.5 Å². The van der Waals surface area contributed by atoms with Gasteiger partial charge in [-0.25, -0.2) is 0 Å². The summed E-state index contributed by atoms with van der Waals surface area (Å²) in [4.78, 5) is 30.5. The lowest BCUT2D eigenvalue weighted by atomic mass is 9.94. The van der Waals surface area contributed by atoms with Gasteiger partial charge in [0.25, 0.3) is 11.7 Å². The first-order valence-corrected chi connectivity index (χ1v) is 13.4. The molecule has 0 aliphatic carbocycles. The Morgan fingerprint density at radius 2 is 1.82 bits per heavy atom. The molecule has 2 aliphatic heterocycles. The van der Waals surface area contributed by atoms with Crippen molar-refractivity contribution < 1.29 is 34.0 Å². The van der Waals surface area contributed by atoms with Crippen LogP contribution in [0.3, 0.4) is 0 Å². The molecule has 0 spiro atoms. The minimum atomic E-state index is -0.832. The van der Waals surface area contributed by atoms with E-state index in [1.807, 2.05) is 6.92 Å². The highest BCUT2D eigenvalue weighted by Crippen LogP contribution is 2.42. The number of ether oxygens (including phenoxy) is 3. The van der Waals surface area contributed by atoms with E-state index in [2.05, 4.69) is 18.7 Å². The van der Waals surface area contributed by atoms with E-state index in [1.165, 1.54) is 18.1 Å². The van der Waals surface area contributed by atoms with Gasteiger partial charge in [-0.05, 0) is 60.7 Å². The first-order valence-electron chi connectivity index (χ1n) is 13.4. The third-order valence-electron chi connectivity index (χ3n) is 7.06. The Hall–Kier alpha value is -3.56. The number of phenols is 1. The number of benzene rings is 2. The molecule has 0 unspecified atom stereocenters. The zero-order valence-corrected chi connectivity index (χ0v) is 23.1. The first kappa shape index (κ1) is 28.4. The molecule has 0 aromatic heterocycles. The number of aryl methyl sites for hydroxylation is 1. The largest absolute Gasteiger partial charge is 0.507 e. The summed E-state index contributed by atoms with van der Waals surface area (Å²) in [6.07, 6.45) is 0.653. The molecule has 9 heteroatoms. The molecular formula is C30H38N2O7. The highest BCUT2D eigenvalue weighted by Gasteiger charge is 2.46. The van der Waals surface area contributed by atoms with Crippen LogP contribution in [0.25, 0.3) is 5.76 Å². The van der Waals surface area contributed by atoms with Gasteiger partial charge >= 0.3 is 0 Å². The van der Waals surface area contributed by atoms with Gasteiger partial charge in [-0.3, -0.25) is 14.5 Å². The first-order chi connectivity index (χ1) is 18.7. The fraction of sp³-hybridized carbons (Fsp3) is 0.467. The van der Waals surface area contributed by atoms with Crippen molar-refractivity contribution in [2.24, 2.45) is 5.92 Å². The number of aliphatic hydroxyl groups is 1. The SMILES string of the molecule is COc1cc([C@@H]2C(=C(O)c3ccc(OCC(C)C)c(C)c3)C(=O)C(=O)N2CCCN2CCOCC2)ccc1O. The molecule has 2 aromatic carbocycles. The van der Waals surface area contributed by atoms with E-state index in [4.69, 9.17) is 14.2 Å². The van der Waals surface area contributed by atoms with Crippen LogP contribution in [0.1, 0.15) is 43.0 Å². The van der Waals surface area contributed by atoms with Gasteiger partial charge in [0.2, 0.25) is 0 Å². The number of phenolic OH excluding ortho intramolecular Hbond substituents is 1. The van der Waals surface area contributed by atoms with Crippen LogP contribution in [-0.4, -0.2) is 84.8 Å². The van der Waals surface area contributed by atoms with Crippen molar-refractivity contribution in [3.05, 3.63) is 58.7 Å². The zero-order valence-electron chi connectivity index (χ0n) is 23.1. The second kappa shape index (κ2) is 12.5. The molecular weight excluding hydrogens is 500 g/mol. The Morgan fingerprint density at radius 3 is 2.49 bits per heavy atom. The molecule has 2 aromatic rings. The summed E-state index contributed by atoms with van der Waals surface area (Å²) in [5.41, 5.74) is 1.80. The molecule has 0 radical (unpaired) electrons. The number of carbonyl (C=O) groups is 2. The molecule has 2 N–H and O–H groups in total. The van der Waals surface area contributed by atoms with Crippen LogP contribution < -0.4 is 9.47 Å². The fourth-order valence-electron chi connectivity index (χ4n) is 4.98. The van der Waals surface area contributed by atoms with Crippen molar-refractivity contribution >= 4 is 17.4 Å². The van der Waals surface area contributed by atoms with Gasteiger partial charge in [-0.1, -0.05) is 19.9 Å². The smallest absolute Gasteiger partial charge is 0.295 e. The summed E-state index contributed by atoms with van der Waals surface area (Å²) < 4.78 is 16.6. The van der Waals surface area contributed by atoms with Crippen molar-refractivity contribution in [3.63, 3.8) is 0 Å². The van der Waals surface area contributed by atoms with E-state index < -0.39 is 17.7 Å². The number of nitrogens with zero attached hydrogens (tertiary/aromatic N) is 2. The highest BCUT2D eigenvalue weighted by molar-refractivity contribution is 6.46. The van der Waals surface area contributed by atoms with E-state index in [1.54, 1.807) is 30.3 Å². The van der Waals surface area contributed by atoms with Crippen LogP contribution in [0.5, 0.6) is 17.2 Å². The van der Waals surface area contributed by atoms with Crippen LogP contribution >= 0.6 is 0 Å². The van der Waals surface area contributed by atoms with Crippen molar-refractivity contribution in [1.82, 2.24) is 9.80 Å². The Labute approximate surface area is 229 Å². The summed E-state index contributed by atoms with van der Waals surface area (Å²) in [7, 11) is 1.43. The van der Waals surface area contributed by atoms with Crippen molar-refractivity contribution in [1.29, 1.82) is 0 Å². The van der Waals surface area contributed by atoms with E-state index in [-0.39, 0.29) is 22.8 Å². The summed E-state index contributed by atoms with van der Waals surface area (Å²) in [5.74, 6) is -0.438. The Morgan fingerprint density at radius 1 is 1.08 bits per heavy atom. The predicted molar refractivity (Wildman–Crippen MR) is 147 cm³/mol. The molecule has 1 amide bonds. The van der Waals surface area contributed by atoms with Crippen LogP contribution in [0.2, 0.25) is 0 Å².